The molecular weight excluding hydrogens is 254 g/mol. The van der Waals surface area contributed by atoms with Gasteiger partial charge in [0.25, 0.3) is 0 Å². The van der Waals surface area contributed by atoms with Crippen LogP contribution in [0.25, 0.3) is 0 Å². The largest absolute Gasteiger partial charge is 0.324 e. The van der Waals surface area contributed by atoms with E-state index in [1.54, 1.807) is 0 Å². The minimum absolute atomic E-state index is 1.18. The van der Waals surface area contributed by atoms with Crippen LogP contribution in [-0.4, -0.2) is 0 Å². The number of anilines is 1. The summed E-state index contributed by atoms with van der Waals surface area (Å²) in [5.74, 6) is 0. The zero-order valence-corrected chi connectivity index (χ0v) is 11.8. The first-order valence-corrected chi connectivity index (χ1v) is 7.06. The first kappa shape index (κ1) is 13.2. The minimum atomic E-state index is 1.18. The molecule has 0 unspecified atom stereocenters. The van der Waals surface area contributed by atoms with Crippen molar-refractivity contribution in [3.05, 3.63) is 115 Å². The Morgan fingerprint density at radius 2 is 1.14 bits per heavy atom. The lowest BCUT2D eigenvalue weighted by Crippen LogP contribution is -2.05. The van der Waals surface area contributed by atoms with Gasteiger partial charge in [-0.3, -0.25) is 0 Å². The Hall–Kier alpha value is -2.80. The Labute approximate surface area is 125 Å². The molecule has 0 fully saturated rings. The van der Waals surface area contributed by atoms with E-state index in [0.717, 1.165) is 0 Å². The summed E-state index contributed by atoms with van der Waals surface area (Å²) in [7, 11) is 0. The molecule has 1 heterocycles. The second-order valence-electron chi connectivity index (χ2n) is 4.77. The van der Waals surface area contributed by atoms with Crippen molar-refractivity contribution in [2.45, 2.75) is 0 Å². The van der Waals surface area contributed by atoms with Gasteiger partial charge in [0.1, 0.15) is 0 Å². The molecule has 0 N–H and O–H groups in total. The number of allylic oxidation sites excluding steroid dienone is 12. The smallest absolute Gasteiger partial charge is 0.0449 e. The van der Waals surface area contributed by atoms with Crippen LogP contribution in [0.1, 0.15) is 0 Å². The van der Waals surface area contributed by atoms with Crippen LogP contribution in [-0.2, 0) is 0 Å². The van der Waals surface area contributed by atoms with Crippen molar-refractivity contribution in [1.82, 2.24) is 0 Å². The minimum Gasteiger partial charge on any atom is -0.324 e. The maximum absolute atomic E-state index is 2.12. The fraction of sp³-hybridized carbons (Fsp3) is 0. The Balaban J connectivity index is 0.000000140. The summed E-state index contributed by atoms with van der Waals surface area (Å²) in [6, 6.07) is 10.3. The molecule has 2 aliphatic carbocycles. The summed E-state index contributed by atoms with van der Waals surface area (Å²) in [6.45, 7) is 0. The maximum atomic E-state index is 2.12. The van der Waals surface area contributed by atoms with Crippen molar-refractivity contribution in [2.24, 2.45) is 0 Å². The predicted molar refractivity (Wildman–Crippen MR) is 90.8 cm³/mol. The molecule has 21 heavy (non-hydrogen) atoms. The third kappa shape index (κ3) is 3.40. The highest BCUT2D eigenvalue weighted by Crippen LogP contribution is 2.23. The zero-order chi connectivity index (χ0) is 14.3. The van der Waals surface area contributed by atoms with Crippen molar-refractivity contribution in [2.75, 3.05) is 4.90 Å². The second-order valence-corrected chi connectivity index (χ2v) is 4.77. The van der Waals surface area contributed by atoms with Gasteiger partial charge in [0, 0.05) is 18.1 Å². The lowest BCUT2D eigenvalue weighted by atomic mass is 10.2. The number of benzene rings is 1. The highest BCUT2D eigenvalue weighted by molar-refractivity contribution is 5.59. The van der Waals surface area contributed by atoms with Gasteiger partial charge in [-0.1, -0.05) is 66.8 Å². The summed E-state index contributed by atoms with van der Waals surface area (Å²) in [5.41, 5.74) is 3.88. The SMILES string of the molecule is C1=CC2=CC=CC2=C1.C1=CC=CN(c2ccccc2)C=C1. The van der Waals surface area contributed by atoms with E-state index in [9.17, 15) is 0 Å². The highest BCUT2D eigenvalue weighted by atomic mass is 15.1. The molecule has 102 valence electrons. The fourth-order valence-corrected chi connectivity index (χ4v) is 2.24. The van der Waals surface area contributed by atoms with E-state index in [1.807, 2.05) is 54.9 Å². The van der Waals surface area contributed by atoms with Gasteiger partial charge in [0.05, 0.1) is 0 Å². The molecule has 1 heteroatoms. The van der Waals surface area contributed by atoms with Crippen LogP contribution < -0.4 is 4.90 Å². The average Bonchev–Trinajstić information content (AvgIpc) is 3.05. The fourth-order valence-electron chi connectivity index (χ4n) is 2.24. The van der Waals surface area contributed by atoms with Gasteiger partial charge >= 0.3 is 0 Å². The standard InChI is InChI=1S/C12H11N.C8H6/c1-2-7-11-13(10-6-1)12-8-4-3-5-9-12;1-3-7-5-2-6-8(7)4-1/h1-11H;1-6H. The van der Waals surface area contributed by atoms with E-state index < -0.39 is 0 Å². The van der Waals surface area contributed by atoms with Gasteiger partial charge in [-0.25, -0.2) is 0 Å². The third-order valence-corrected chi connectivity index (χ3v) is 3.32. The molecule has 0 spiro atoms. The maximum Gasteiger partial charge on any atom is 0.0449 e. The Morgan fingerprint density at radius 3 is 1.71 bits per heavy atom. The van der Waals surface area contributed by atoms with Crippen molar-refractivity contribution < 1.29 is 0 Å². The molecule has 1 aromatic carbocycles. The molecule has 0 amide bonds. The predicted octanol–water partition coefficient (Wildman–Crippen LogP) is 5.07. The van der Waals surface area contributed by atoms with Gasteiger partial charge in [-0.2, -0.15) is 0 Å². The first-order valence-electron chi connectivity index (χ1n) is 7.06. The van der Waals surface area contributed by atoms with Crippen LogP contribution >= 0.6 is 0 Å². The zero-order valence-electron chi connectivity index (χ0n) is 11.8. The molecule has 0 atom stereocenters. The Bertz CT molecular complexity index is 653. The normalized spacial score (nSPS) is 17.0. The molecule has 1 aliphatic heterocycles. The molecule has 4 rings (SSSR count). The van der Waals surface area contributed by atoms with E-state index in [2.05, 4.69) is 53.5 Å². The first-order chi connectivity index (χ1) is 10.4. The lowest BCUT2D eigenvalue weighted by molar-refractivity contribution is 1.29. The van der Waals surface area contributed by atoms with Crippen molar-refractivity contribution in [3.8, 4) is 0 Å². The number of hydrogen-bond acceptors (Lipinski definition) is 1. The summed E-state index contributed by atoms with van der Waals surface area (Å²) in [5, 5.41) is 0. The lowest BCUT2D eigenvalue weighted by Gasteiger charge is -2.13. The van der Waals surface area contributed by atoms with E-state index >= 15 is 0 Å². The van der Waals surface area contributed by atoms with Crippen molar-refractivity contribution in [3.63, 3.8) is 0 Å². The van der Waals surface area contributed by atoms with Gasteiger partial charge in [-0.05, 0) is 35.4 Å². The van der Waals surface area contributed by atoms with E-state index in [-0.39, 0.29) is 0 Å². The Morgan fingerprint density at radius 1 is 0.571 bits per heavy atom. The molecule has 3 aliphatic rings. The Kier molecular flexibility index (Phi) is 4.13. The van der Waals surface area contributed by atoms with Crippen LogP contribution in [0.5, 0.6) is 0 Å². The number of nitrogens with zero attached hydrogens (tertiary/aromatic N) is 1. The molecular formula is C20H17N. The molecule has 0 aromatic heterocycles. The quantitative estimate of drug-likeness (QED) is 0.689. The van der Waals surface area contributed by atoms with Gasteiger partial charge in [0.2, 0.25) is 0 Å². The second kappa shape index (κ2) is 6.58. The molecule has 0 radical (unpaired) electrons. The topological polar surface area (TPSA) is 3.24 Å². The van der Waals surface area contributed by atoms with Crippen LogP contribution in [0, 0.1) is 0 Å². The third-order valence-electron chi connectivity index (χ3n) is 3.32. The van der Waals surface area contributed by atoms with Gasteiger partial charge < -0.3 is 4.90 Å². The van der Waals surface area contributed by atoms with Gasteiger partial charge in [0.15, 0.2) is 0 Å². The summed E-state index contributed by atoms with van der Waals surface area (Å²) >= 11 is 0. The average molecular weight is 271 g/mol. The number of para-hydroxylation sites is 1. The van der Waals surface area contributed by atoms with Gasteiger partial charge in [-0.15, -0.1) is 0 Å². The molecule has 0 saturated heterocycles. The summed E-state index contributed by atoms with van der Waals surface area (Å²) in [4.78, 5) is 2.08. The van der Waals surface area contributed by atoms with Crippen LogP contribution in [0.3, 0.4) is 0 Å². The highest BCUT2D eigenvalue weighted by Gasteiger charge is 2.04. The van der Waals surface area contributed by atoms with Crippen LogP contribution in [0.2, 0.25) is 0 Å². The van der Waals surface area contributed by atoms with Crippen molar-refractivity contribution in [1.29, 1.82) is 0 Å². The summed E-state index contributed by atoms with van der Waals surface area (Å²) in [6.07, 6.45) is 24.8. The van der Waals surface area contributed by atoms with E-state index in [4.69, 9.17) is 0 Å². The molecule has 1 nitrogen and oxygen atoms in total. The monoisotopic (exact) mass is 271 g/mol. The summed E-state index contributed by atoms with van der Waals surface area (Å²) < 4.78 is 0. The van der Waals surface area contributed by atoms with Crippen LogP contribution in [0.4, 0.5) is 5.69 Å². The number of hydrogen-bond donors (Lipinski definition) is 0. The van der Waals surface area contributed by atoms with E-state index in [0.29, 0.717) is 0 Å². The number of fused-ring (bicyclic) bond motifs is 1. The molecule has 0 bridgehead atoms. The van der Waals surface area contributed by atoms with E-state index in [1.165, 1.54) is 16.8 Å². The number of rotatable bonds is 1. The molecule has 1 aromatic rings. The van der Waals surface area contributed by atoms with Crippen LogP contribution in [0.15, 0.2) is 115 Å². The molecule has 0 saturated carbocycles. The van der Waals surface area contributed by atoms with Crippen molar-refractivity contribution >= 4 is 5.69 Å².